The van der Waals surface area contributed by atoms with E-state index in [9.17, 15) is 9.59 Å². The van der Waals surface area contributed by atoms with Crippen LogP contribution in [0.4, 0.5) is 9.59 Å². The summed E-state index contributed by atoms with van der Waals surface area (Å²) in [6, 6.07) is 0. The highest BCUT2D eigenvalue weighted by molar-refractivity contribution is 5.61. The second kappa shape index (κ2) is 13.2. The number of unbranched alkanes of at least 4 members (excludes halogenated alkanes) is 2. The summed E-state index contributed by atoms with van der Waals surface area (Å²) in [6.45, 7) is 8.41. The van der Waals surface area contributed by atoms with Gasteiger partial charge in [0.2, 0.25) is 0 Å². The number of ether oxygens (including phenoxy) is 4. The molecule has 6 nitrogen and oxygen atoms in total. The minimum absolute atomic E-state index is 0.336. The second-order valence-electron chi connectivity index (χ2n) is 5.03. The van der Waals surface area contributed by atoms with Crippen LogP contribution in [0.2, 0.25) is 0 Å². The first kappa shape index (κ1) is 20.5. The van der Waals surface area contributed by atoms with Crippen molar-refractivity contribution in [3.05, 3.63) is 0 Å². The molecule has 0 heterocycles. The van der Waals surface area contributed by atoms with Gasteiger partial charge in [-0.3, -0.25) is 0 Å². The maximum atomic E-state index is 11.6. The van der Waals surface area contributed by atoms with Gasteiger partial charge in [-0.1, -0.05) is 40.5 Å². The van der Waals surface area contributed by atoms with Gasteiger partial charge in [0.05, 0.1) is 13.2 Å². The zero-order chi connectivity index (χ0) is 16.8. The summed E-state index contributed by atoms with van der Waals surface area (Å²) in [7, 11) is 0. The zero-order valence-electron chi connectivity index (χ0n) is 14.3. The molecule has 0 radical (unpaired) electrons. The van der Waals surface area contributed by atoms with E-state index < -0.39 is 24.5 Å². The third kappa shape index (κ3) is 9.47. The molecule has 0 aliphatic rings. The van der Waals surface area contributed by atoms with Crippen LogP contribution >= 0.6 is 0 Å². The van der Waals surface area contributed by atoms with Crippen LogP contribution in [0, 0.1) is 0 Å². The molecule has 130 valence electrons. The van der Waals surface area contributed by atoms with Crippen LogP contribution in [0.25, 0.3) is 0 Å². The molecule has 0 rings (SSSR count). The molecular weight excluding hydrogens is 288 g/mol. The van der Waals surface area contributed by atoms with Crippen molar-refractivity contribution in [2.45, 2.75) is 78.4 Å². The lowest BCUT2D eigenvalue weighted by atomic mass is 10.1. The summed E-state index contributed by atoms with van der Waals surface area (Å²) in [6.07, 6.45) is 2.03. The molecule has 0 amide bonds. The molecule has 0 bridgehead atoms. The van der Waals surface area contributed by atoms with E-state index in [2.05, 4.69) is 0 Å². The molecule has 0 aliphatic carbocycles. The monoisotopic (exact) mass is 318 g/mol. The Morgan fingerprint density at radius 1 is 0.727 bits per heavy atom. The summed E-state index contributed by atoms with van der Waals surface area (Å²) in [5.41, 5.74) is 0. The van der Waals surface area contributed by atoms with Gasteiger partial charge in [0.1, 0.15) is 12.2 Å². The third-order valence-corrected chi connectivity index (χ3v) is 3.15. The molecule has 2 atom stereocenters. The first-order valence-electron chi connectivity index (χ1n) is 8.25. The number of rotatable bonds is 11. The number of hydrogen-bond acceptors (Lipinski definition) is 6. The Labute approximate surface area is 133 Å². The van der Waals surface area contributed by atoms with Crippen molar-refractivity contribution < 1.29 is 28.5 Å². The minimum atomic E-state index is -0.721. The molecule has 0 saturated carbocycles. The van der Waals surface area contributed by atoms with Crippen LogP contribution in [0.15, 0.2) is 0 Å². The molecule has 0 spiro atoms. The van der Waals surface area contributed by atoms with Gasteiger partial charge < -0.3 is 18.9 Å². The smallest absolute Gasteiger partial charge is 0.434 e. The van der Waals surface area contributed by atoms with E-state index in [0.29, 0.717) is 26.1 Å². The molecule has 0 N–H and O–H groups in total. The fourth-order valence-electron chi connectivity index (χ4n) is 1.76. The van der Waals surface area contributed by atoms with Gasteiger partial charge in [-0.2, -0.15) is 0 Å². The van der Waals surface area contributed by atoms with Gasteiger partial charge in [-0.15, -0.1) is 0 Å². The Kier molecular flexibility index (Phi) is 12.3. The molecule has 0 aromatic heterocycles. The summed E-state index contributed by atoms with van der Waals surface area (Å²) in [5, 5.41) is 0. The van der Waals surface area contributed by atoms with E-state index in [1.807, 2.05) is 27.7 Å². The molecular formula is C16H30O6. The minimum Gasteiger partial charge on any atom is -0.434 e. The van der Waals surface area contributed by atoms with Crippen molar-refractivity contribution in [3.8, 4) is 0 Å². The third-order valence-electron chi connectivity index (χ3n) is 3.15. The van der Waals surface area contributed by atoms with Crippen molar-refractivity contribution >= 4 is 12.3 Å². The molecule has 2 unspecified atom stereocenters. The van der Waals surface area contributed by atoms with Gasteiger partial charge in [0.15, 0.2) is 0 Å². The average molecular weight is 318 g/mol. The predicted octanol–water partition coefficient (Wildman–Crippen LogP) is 4.45. The van der Waals surface area contributed by atoms with Crippen molar-refractivity contribution in [1.82, 2.24) is 0 Å². The molecule has 0 saturated heterocycles. The van der Waals surface area contributed by atoms with E-state index in [0.717, 1.165) is 25.7 Å². The van der Waals surface area contributed by atoms with E-state index >= 15 is 0 Å². The second-order valence-corrected chi connectivity index (χ2v) is 5.03. The lowest BCUT2D eigenvalue weighted by Gasteiger charge is -2.24. The molecule has 0 aromatic carbocycles. The lowest BCUT2D eigenvalue weighted by molar-refractivity contribution is -0.0581. The van der Waals surface area contributed by atoms with Gasteiger partial charge in [0, 0.05) is 0 Å². The Bertz CT molecular complexity index is 275. The fraction of sp³-hybridized carbons (Fsp3) is 0.875. The molecule has 6 heteroatoms. The maximum absolute atomic E-state index is 11.6. The quantitative estimate of drug-likeness (QED) is 0.414. The molecule has 0 aromatic rings. The highest BCUT2D eigenvalue weighted by Gasteiger charge is 2.27. The fourth-order valence-corrected chi connectivity index (χ4v) is 1.76. The first-order valence-corrected chi connectivity index (χ1v) is 8.25. The van der Waals surface area contributed by atoms with E-state index in [1.165, 1.54) is 0 Å². The Morgan fingerprint density at radius 2 is 1.09 bits per heavy atom. The highest BCUT2D eigenvalue weighted by Crippen LogP contribution is 2.14. The van der Waals surface area contributed by atoms with E-state index in [-0.39, 0.29) is 0 Å². The zero-order valence-corrected chi connectivity index (χ0v) is 14.3. The van der Waals surface area contributed by atoms with E-state index in [1.54, 1.807) is 0 Å². The van der Waals surface area contributed by atoms with Crippen LogP contribution in [0.3, 0.4) is 0 Å². The molecule has 0 aliphatic heterocycles. The average Bonchev–Trinajstić information content (AvgIpc) is 2.51. The highest BCUT2D eigenvalue weighted by atomic mass is 16.8. The Hall–Kier alpha value is -1.46. The number of hydrogen-bond donors (Lipinski definition) is 0. The number of carbonyl (C=O) groups excluding carboxylic acids is 2. The first-order chi connectivity index (χ1) is 10.6. The molecule has 22 heavy (non-hydrogen) atoms. The summed E-state index contributed by atoms with van der Waals surface area (Å²) >= 11 is 0. The summed E-state index contributed by atoms with van der Waals surface area (Å²) in [4.78, 5) is 23.2. The Balaban J connectivity index is 4.28. The molecule has 0 fully saturated rings. The largest absolute Gasteiger partial charge is 0.508 e. The standard InChI is InChI=1S/C16H30O6/c1-5-9-11-19-15(17)21-13(7-3)14(8-4)22-16(18)20-12-10-6-2/h13-14H,5-12H2,1-4H3. The van der Waals surface area contributed by atoms with Crippen LogP contribution < -0.4 is 0 Å². The number of carbonyl (C=O) groups is 2. The summed E-state index contributed by atoms with van der Waals surface area (Å²) < 4.78 is 20.4. The Morgan fingerprint density at radius 3 is 1.36 bits per heavy atom. The topological polar surface area (TPSA) is 71.1 Å². The van der Waals surface area contributed by atoms with Crippen molar-refractivity contribution in [3.63, 3.8) is 0 Å². The normalized spacial score (nSPS) is 13.1. The van der Waals surface area contributed by atoms with Crippen molar-refractivity contribution in [2.24, 2.45) is 0 Å². The van der Waals surface area contributed by atoms with E-state index in [4.69, 9.17) is 18.9 Å². The van der Waals surface area contributed by atoms with Gasteiger partial charge >= 0.3 is 12.3 Å². The van der Waals surface area contributed by atoms with Crippen molar-refractivity contribution in [2.75, 3.05) is 13.2 Å². The van der Waals surface area contributed by atoms with Crippen molar-refractivity contribution in [1.29, 1.82) is 0 Å². The van der Waals surface area contributed by atoms with Crippen LogP contribution in [-0.2, 0) is 18.9 Å². The van der Waals surface area contributed by atoms with Crippen LogP contribution in [-0.4, -0.2) is 37.7 Å². The van der Waals surface area contributed by atoms with Gasteiger partial charge in [0.25, 0.3) is 0 Å². The van der Waals surface area contributed by atoms with Gasteiger partial charge in [-0.25, -0.2) is 9.59 Å². The van der Waals surface area contributed by atoms with Crippen LogP contribution in [0.1, 0.15) is 66.2 Å². The maximum Gasteiger partial charge on any atom is 0.508 e. The van der Waals surface area contributed by atoms with Crippen LogP contribution in [0.5, 0.6) is 0 Å². The van der Waals surface area contributed by atoms with Gasteiger partial charge in [-0.05, 0) is 25.7 Å². The summed E-state index contributed by atoms with van der Waals surface area (Å²) in [5.74, 6) is 0. The lowest BCUT2D eigenvalue weighted by Crippen LogP contribution is -2.35. The SMILES string of the molecule is CCCCOC(=O)OC(CC)C(CC)OC(=O)OCCCC. The predicted molar refractivity (Wildman–Crippen MR) is 82.8 cm³/mol.